The zero-order valence-corrected chi connectivity index (χ0v) is 13.0. The van der Waals surface area contributed by atoms with Gasteiger partial charge < -0.3 is 10.2 Å². The molecule has 5 nitrogen and oxygen atoms in total. The highest BCUT2D eigenvalue weighted by molar-refractivity contribution is 5.79. The van der Waals surface area contributed by atoms with Crippen molar-refractivity contribution in [2.45, 2.75) is 44.4 Å². The molecule has 1 unspecified atom stereocenters. The van der Waals surface area contributed by atoms with Gasteiger partial charge in [-0.2, -0.15) is 0 Å². The number of carbonyl (C=O) groups is 1. The molecule has 2 heterocycles. The molecule has 118 valence electrons. The van der Waals surface area contributed by atoms with Crippen LogP contribution >= 0.6 is 0 Å². The second kappa shape index (κ2) is 5.86. The third kappa shape index (κ3) is 3.23. The minimum absolute atomic E-state index is 0.104. The third-order valence-corrected chi connectivity index (χ3v) is 4.98. The fourth-order valence-electron chi connectivity index (χ4n) is 3.19. The molecule has 1 aromatic heterocycles. The molecule has 4 rings (SSSR count). The summed E-state index contributed by atoms with van der Waals surface area (Å²) in [7, 11) is 0. The van der Waals surface area contributed by atoms with E-state index in [0.29, 0.717) is 5.92 Å². The lowest BCUT2D eigenvalue weighted by molar-refractivity contribution is -0.125. The zero-order chi connectivity index (χ0) is 14.9. The van der Waals surface area contributed by atoms with Crippen LogP contribution in [0.2, 0.25) is 0 Å². The number of hydrogen-bond acceptors (Lipinski definition) is 4. The summed E-state index contributed by atoms with van der Waals surface area (Å²) in [5.74, 6) is 3.63. The quantitative estimate of drug-likeness (QED) is 0.904. The van der Waals surface area contributed by atoms with Crippen molar-refractivity contribution in [2.75, 3.05) is 24.5 Å². The number of hydrogen-bond donors (Lipinski definition) is 1. The molecule has 0 radical (unpaired) electrons. The Hall–Kier alpha value is -1.65. The highest BCUT2D eigenvalue weighted by Gasteiger charge is 2.30. The van der Waals surface area contributed by atoms with Crippen molar-refractivity contribution in [3.05, 3.63) is 18.1 Å². The Morgan fingerprint density at radius 3 is 2.91 bits per heavy atom. The zero-order valence-electron chi connectivity index (χ0n) is 13.0. The van der Waals surface area contributed by atoms with Crippen molar-refractivity contribution >= 4 is 11.7 Å². The van der Waals surface area contributed by atoms with Crippen molar-refractivity contribution in [2.24, 2.45) is 11.8 Å². The van der Waals surface area contributed by atoms with E-state index in [1.807, 2.05) is 12.3 Å². The van der Waals surface area contributed by atoms with Crippen LogP contribution in [0, 0.1) is 11.8 Å². The second-order valence-electron chi connectivity index (χ2n) is 7.02. The van der Waals surface area contributed by atoms with Crippen LogP contribution in [0.25, 0.3) is 0 Å². The van der Waals surface area contributed by atoms with Crippen molar-refractivity contribution in [1.29, 1.82) is 0 Å². The Bertz CT molecular complexity index is 553. The fraction of sp³-hybridized carbons (Fsp3) is 0.706. The monoisotopic (exact) mass is 300 g/mol. The average molecular weight is 300 g/mol. The van der Waals surface area contributed by atoms with Crippen LogP contribution < -0.4 is 10.2 Å². The summed E-state index contributed by atoms with van der Waals surface area (Å²) < 4.78 is 0. The van der Waals surface area contributed by atoms with Gasteiger partial charge in [0.15, 0.2) is 0 Å². The number of anilines is 1. The van der Waals surface area contributed by atoms with E-state index in [1.165, 1.54) is 25.7 Å². The third-order valence-electron chi connectivity index (χ3n) is 4.98. The molecule has 0 spiro atoms. The maximum absolute atomic E-state index is 12.3. The molecular formula is C17H24N4O. The van der Waals surface area contributed by atoms with Gasteiger partial charge in [0.05, 0.1) is 5.92 Å². The topological polar surface area (TPSA) is 58.1 Å². The molecule has 1 aromatic rings. The van der Waals surface area contributed by atoms with Gasteiger partial charge in [0.25, 0.3) is 0 Å². The molecule has 1 N–H and O–H groups in total. The first-order valence-electron chi connectivity index (χ1n) is 8.65. The predicted molar refractivity (Wildman–Crippen MR) is 84.7 cm³/mol. The SMILES string of the molecule is O=C(NCC1CC1)C1CCCN(c2ccnc(C3CC3)n2)C1. The van der Waals surface area contributed by atoms with Gasteiger partial charge >= 0.3 is 0 Å². The lowest BCUT2D eigenvalue weighted by atomic mass is 9.97. The van der Waals surface area contributed by atoms with Gasteiger partial charge in [-0.05, 0) is 50.5 Å². The number of amides is 1. The molecule has 0 aromatic carbocycles. The molecule has 1 saturated heterocycles. The van der Waals surface area contributed by atoms with Crippen LogP contribution in [0.15, 0.2) is 12.3 Å². The minimum Gasteiger partial charge on any atom is -0.356 e. The maximum Gasteiger partial charge on any atom is 0.224 e. The Morgan fingerprint density at radius 2 is 2.14 bits per heavy atom. The van der Waals surface area contributed by atoms with Crippen LogP contribution in [0.4, 0.5) is 5.82 Å². The minimum atomic E-state index is 0.104. The van der Waals surface area contributed by atoms with Crippen LogP contribution in [-0.4, -0.2) is 35.5 Å². The predicted octanol–water partition coefficient (Wildman–Crippen LogP) is 2.10. The van der Waals surface area contributed by atoms with Crippen LogP contribution in [0.3, 0.4) is 0 Å². The van der Waals surface area contributed by atoms with E-state index in [1.54, 1.807) is 0 Å². The lowest BCUT2D eigenvalue weighted by Gasteiger charge is -2.33. The molecule has 0 bridgehead atoms. The molecule has 3 fully saturated rings. The summed E-state index contributed by atoms with van der Waals surface area (Å²) in [6, 6.07) is 1.98. The van der Waals surface area contributed by atoms with E-state index >= 15 is 0 Å². The lowest BCUT2D eigenvalue weighted by Crippen LogP contribution is -2.43. The Morgan fingerprint density at radius 1 is 1.27 bits per heavy atom. The summed E-state index contributed by atoms with van der Waals surface area (Å²) >= 11 is 0. The number of aromatic nitrogens is 2. The van der Waals surface area contributed by atoms with E-state index in [0.717, 1.165) is 50.0 Å². The molecule has 1 atom stereocenters. The first-order valence-corrected chi connectivity index (χ1v) is 8.65. The number of piperidine rings is 1. The molecule has 5 heteroatoms. The highest BCUT2D eigenvalue weighted by Crippen LogP contribution is 2.38. The first kappa shape index (κ1) is 14.0. The van der Waals surface area contributed by atoms with Crippen LogP contribution in [0.1, 0.15) is 50.3 Å². The Kier molecular flexibility index (Phi) is 3.72. The van der Waals surface area contributed by atoms with E-state index in [9.17, 15) is 4.79 Å². The van der Waals surface area contributed by atoms with Crippen molar-refractivity contribution in [1.82, 2.24) is 15.3 Å². The van der Waals surface area contributed by atoms with Crippen molar-refractivity contribution in [3.8, 4) is 0 Å². The normalized spacial score (nSPS) is 25.1. The van der Waals surface area contributed by atoms with Gasteiger partial charge in [-0.15, -0.1) is 0 Å². The van der Waals surface area contributed by atoms with E-state index in [2.05, 4.69) is 15.2 Å². The number of nitrogens with zero attached hydrogens (tertiary/aromatic N) is 3. The molecule has 2 aliphatic carbocycles. The smallest absolute Gasteiger partial charge is 0.224 e. The Balaban J connectivity index is 1.39. The fourth-order valence-corrected chi connectivity index (χ4v) is 3.19. The molecule has 2 saturated carbocycles. The van der Waals surface area contributed by atoms with Crippen molar-refractivity contribution in [3.63, 3.8) is 0 Å². The highest BCUT2D eigenvalue weighted by atomic mass is 16.1. The maximum atomic E-state index is 12.3. The second-order valence-corrected chi connectivity index (χ2v) is 7.02. The van der Waals surface area contributed by atoms with Gasteiger partial charge in [-0.25, -0.2) is 9.97 Å². The van der Waals surface area contributed by atoms with E-state index in [-0.39, 0.29) is 11.8 Å². The molecule has 22 heavy (non-hydrogen) atoms. The summed E-state index contributed by atoms with van der Waals surface area (Å²) in [5.41, 5.74) is 0. The average Bonchev–Trinajstić information content (AvgIpc) is 3.46. The first-order chi connectivity index (χ1) is 10.8. The number of rotatable bonds is 5. The van der Waals surface area contributed by atoms with Gasteiger partial charge in [0.2, 0.25) is 5.91 Å². The van der Waals surface area contributed by atoms with Crippen LogP contribution in [-0.2, 0) is 4.79 Å². The molecule has 3 aliphatic rings. The summed E-state index contributed by atoms with van der Waals surface area (Å²) in [6.45, 7) is 2.65. The molecular weight excluding hydrogens is 276 g/mol. The summed E-state index contributed by atoms with van der Waals surface area (Å²) in [5, 5.41) is 3.13. The van der Waals surface area contributed by atoms with Gasteiger partial charge in [0.1, 0.15) is 11.6 Å². The van der Waals surface area contributed by atoms with Crippen molar-refractivity contribution < 1.29 is 4.79 Å². The van der Waals surface area contributed by atoms with Crippen LogP contribution in [0.5, 0.6) is 0 Å². The largest absolute Gasteiger partial charge is 0.356 e. The molecule has 1 amide bonds. The number of nitrogens with one attached hydrogen (secondary N) is 1. The standard InChI is InChI=1S/C17H24N4O/c22-17(19-10-12-3-4-12)14-2-1-9-21(11-14)15-7-8-18-16(20-15)13-5-6-13/h7-8,12-14H,1-6,9-11H2,(H,19,22). The number of carbonyl (C=O) groups excluding carboxylic acids is 1. The van der Waals surface area contributed by atoms with Gasteiger partial charge in [0, 0.05) is 31.7 Å². The van der Waals surface area contributed by atoms with Gasteiger partial charge in [-0.1, -0.05) is 0 Å². The summed E-state index contributed by atoms with van der Waals surface area (Å²) in [4.78, 5) is 23.7. The summed E-state index contributed by atoms with van der Waals surface area (Å²) in [6.07, 6.45) is 8.92. The van der Waals surface area contributed by atoms with Gasteiger partial charge in [-0.3, -0.25) is 4.79 Å². The van der Waals surface area contributed by atoms with E-state index in [4.69, 9.17) is 4.98 Å². The molecule has 1 aliphatic heterocycles. The Labute approximate surface area is 131 Å². The van der Waals surface area contributed by atoms with E-state index < -0.39 is 0 Å².